The van der Waals surface area contributed by atoms with Gasteiger partial charge in [0.15, 0.2) is 0 Å². The molecule has 0 saturated carbocycles. The van der Waals surface area contributed by atoms with Crippen LogP contribution in [0.1, 0.15) is 12.0 Å². The van der Waals surface area contributed by atoms with Gasteiger partial charge in [0.2, 0.25) is 0 Å². The van der Waals surface area contributed by atoms with Gasteiger partial charge in [-0.2, -0.15) is 13.2 Å². The summed E-state index contributed by atoms with van der Waals surface area (Å²) in [7, 11) is 1.46. The van der Waals surface area contributed by atoms with Crippen LogP contribution < -0.4 is 9.64 Å². The van der Waals surface area contributed by atoms with Gasteiger partial charge in [0.05, 0.1) is 13.2 Å². The number of nitrogens with zero attached hydrogens (tertiary/aromatic N) is 1. The van der Waals surface area contributed by atoms with Gasteiger partial charge in [-0.15, -0.1) is 6.58 Å². The topological polar surface area (TPSA) is 29.5 Å². The summed E-state index contributed by atoms with van der Waals surface area (Å²) in [4.78, 5) is 12.8. The lowest BCUT2D eigenvalue weighted by Gasteiger charge is -2.30. The molecule has 0 heterocycles. The van der Waals surface area contributed by atoms with Crippen molar-refractivity contribution in [3.8, 4) is 5.75 Å². The van der Waals surface area contributed by atoms with Crippen molar-refractivity contribution in [1.82, 2.24) is 0 Å². The van der Waals surface area contributed by atoms with E-state index in [0.717, 1.165) is 10.5 Å². The first kappa shape index (κ1) is 19.6. The summed E-state index contributed by atoms with van der Waals surface area (Å²) in [6, 6.07) is 14.5. The Hall–Kier alpha value is -2.76. The van der Waals surface area contributed by atoms with Crippen LogP contribution in [0.25, 0.3) is 0 Å². The molecule has 0 bridgehead atoms. The summed E-state index contributed by atoms with van der Waals surface area (Å²) in [6.07, 6.45) is -2.76. The zero-order valence-corrected chi connectivity index (χ0v) is 14.4. The first-order valence-corrected chi connectivity index (χ1v) is 8.07. The van der Waals surface area contributed by atoms with E-state index in [1.165, 1.54) is 37.5 Å². The molecule has 0 saturated heterocycles. The Morgan fingerprint density at radius 2 is 1.77 bits per heavy atom. The third-order valence-corrected chi connectivity index (χ3v) is 3.99. The highest BCUT2D eigenvalue weighted by Gasteiger charge is 2.44. The molecule has 2 aromatic carbocycles. The van der Waals surface area contributed by atoms with Gasteiger partial charge in [-0.25, -0.2) is 0 Å². The van der Waals surface area contributed by atoms with E-state index in [4.69, 9.17) is 4.74 Å². The maximum absolute atomic E-state index is 13.1. The zero-order valence-electron chi connectivity index (χ0n) is 14.4. The normalized spacial score (nSPS) is 12.3. The highest BCUT2D eigenvalue weighted by atomic mass is 19.4. The van der Waals surface area contributed by atoms with Crippen LogP contribution in [-0.2, 0) is 11.2 Å². The molecule has 0 spiro atoms. The molecular formula is C20H20F3NO2. The third kappa shape index (κ3) is 4.88. The van der Waals surface area contributed by atoms with Gasteiger partial charge < -0.3 is 4.74 Å². The van der Waals surface area contributed by atoms with E-state index >= 15 is 0 Å². The Labute approximate surface area is 150 Å². The molecule has 0 N–H and O–H groups in total. The minimum absolute atomic E-state index is 0.145. The number of alkyl halides is 3. The summed E-state index contributed by atoms with van der Waals surface area (Å²) in [5.41, 5.74) is 1.12. The number of hydrogen-bond acceptors (Lipinski definition) is 2. The van der Waals surface area contributed by atoms with Crippen molar-refractivity contribution in [2.45, 2.75) is 25.1 Å². The van der Waals surface area contributed by atoms with Gasteiger partial charge in [-0.05, 0) is 42.7 Å². The Morgan fingerprint density at radius 1 is 1.15 bits per heavy atom. The quantitative estimate of drug-likeness (QED) is 0.663. The maximum Gasteiger partial charge on any atom is 0.471 e. The fraction of sp³-hybridized carbons (Fsp3) is 0.250. The molecule has 26 heavy (non-hydrogen) atoms. The lowest BCUT2D eigenvalue weighted by molar-refractivity contribution is -0.170. The van der Waals surface area contributed by atoms with E-state index in [1.807, 2.05) is 30.3 Å². The summed E-state index contributed by atoms with van der Waals surface area (Å²) < 4.78 is 44.4. The lowest BCUT2D eigenvalue weighted by atomic mass is 10.0. The molecule has 2 rings (SSSR count). The van der Waals surface area contributed by atoms with Crippen molar-refractivity contribution in [3.05, 3.63) is 72.8 Å². The van der Waals surface area contributed by atoms with E-state index in [2.05, 4.69) is 6.58 Å². The Balaban J connectivity index is 2.30. The van der Waals surface area contributed by atoms with E-state index < -0.39 is 18.1 Å². The Bertz CT molecular complexity index is 727. The van der Waals surface area contributed by atoms with Crippen LogP contribution in [0.2, 0.25) is 0 Å². The molecule has 1 amide bonds. The number of hydrogen-bond donors (Lipinski definition) is 0. The van der Waals surface area contributed by atoms with Crippen molar-refractivity contribution in [2.75, 3.05) is 12.0 Å². The molecule has 0 radical (unpaired) electrons. The standard InChI is InChI=1S/C20H20F3NO2/c1-3-16(10-9-15-7-5-4-6-8-15)24(19(25)20(21,22)23)17-11-13-18(26-2)14-12-17/h3-8,11-14,16H,1,9-10H2,2H3. The van der Waals surface area contributed by atoms with Gasteiger partial charge in [-0.3, -0.25) is 9.69 Å². The van der Waals surface area contributed by atoms with Crippen molar-refractivity contribution in [2.24, 2.45) is 0 Å². The highest BCUT2D eigenvalue weighted by Crippen LogP contribution is 2.29. The fourth-order valence-corrected chi connectivity index (χ4v) is 2.65. The van der Waals surface area contributed by atoms with Crippen molar-refractivity contribution in [3.63, 3.8) is 0 Å². The number of anilines is 1. The molecule has 6 heteroatoms. The third-order valence-electron chi connectivity index (χ3n) is 3.99. The molecular weight excluding hydrogens is 343 g/mol. The fourth-order valence-electron chi connectivity index (χ4n) is 2.65. The molecule has 0 fully saturated rings. The van der Waals surface area contributed by atoms with Gasteiger partial charge in [0.1, 0.15) is 5.75 Å². The molecule has 0 aliphatic heterocycles. The molecule has 1 atom stereocenters. The predicted molar refractivity (Wildman–Crippen MR) is 95.3 cm³/mol. The van der Waals surface area contributed by atoms with E-state index in [1.54, 1.807) is 0 Å². The van der Waals surface area contributed by atoms with Crippen LogP contribution in [0.4, 0.5) is 18.9 Å². The van der Waals surface area contributed by atoms with Crippen LogP contribution in [0.15, 0.2) is 67.3 Å². The first-order valence-electron chi connectivity index (χ1n) is 8.07. The zero-order chi connectivity index (χ0) is 19.2. The van der Waals surface area contributed by atoms with Gasteiger partial charge in [0.25, 0.3) is 0 Å². The predicted octanol–water partition coefficient (Wildman–Crippen LogP) is 4.78. The summed E-state index contributed by atoms with van der Waals surface area (Å²) in [5, 5.41) is 0. The number of ether oxygens (including phenoxy) is 1. The second-order valence-electron chi connectivity index (χ2n) is 5.70. The molecule has 0 aliphatic carbocycles. The van der Waals surface area contributed by atoms with E-state index in [0.29, 0.717) is 18.6 Å². The molecule has 2 aromatic rings. The minimum Gasteiger partial charge on any atom is -0.497 e. The van der Waals surface area contributed by atoms with Crippen LogP contribution in [0, 0.1) is 0 Å². The number of carbonyl (C=O) groups is 1. The molecule has 138 valence electrons. The number of amides is 1. The number of carbonyl (C=O) groups excluding carboxylic acids is 1. The first-order chi connectivity index (χ1) is 12.4. The molecule has 3 nitrogen and oxygen atoms in total. The number of rotatable bonds is 7. The largest absolute Gasteiger partial charge is 0.497 e. The molecule has 1 unspecified atom stereocenters. The molecule has 0 aromatic heterocycles. The van der Waals surface area contributed by atoms with Gasteiger partial charge >= 0.3 is 12.1 Å². The second kappa shape index (κ2) is 8.56. The summed E-state index contributed by atoms with van der Waals surface area (Å²) >= 11 is 0. The number of methoxy groups -OCH3 is 1. The minimum atomic E-state index is -4.98. The smallest absolute Gasteiger partial charge is 0.471 e. The summed E-state index contributed by atoms with van der Waals surface area (Å²) in [6.45, 7) is 3.63. The Kier molecular flexibility index (Phi) is 6.44. The SMILES string of the molecule is C=CC(CCc1ccccc1)N(C(=O)C(F)(F)F)c1ccc(OC)cc1. The monoisotopic (exact) mass is 363 g/mol. The lowest BCUT2D eigenvalue weighted by Crippen LogP contribution is -2.47. The van der Waals surface area contributed by atoms with Crippen LogP contribution in [0.3, 0.4) is 0 Å². The average Bonchev–Trinajstić information content (AvgIpc) is 2.65. The highest BCUT2D eigenvalue weighted by molar-refractivity contribution is 5.98. The number of aryl methyl sites for hydroxylation is 1. The van der Waals surface area contributed by atoms with Crippen LogP contribution in [-0.4, -0.2) is 25.2 Å². The van der Waals surface area contributed by atoms with Gasteiger partial charge in [0, 0.05) is 5.69 Å². The van der Waals surface area contributed by atoms with E-state index in [9.17, 15) is 18.0 Å². The second-order valence-corrected chi connectivity index (χ2v) is 5.70. The Morgan fingerprint density at radius 3 is 2.27 bits per heavy atom. The van der Waals surface area contributed by atoms with Crippen molar-refractivity contribution < 1.29 is 22.7 Å². The average molecular weight is 363 g/mol. The summed E-state index contributed by atoms with van der Waals surface area (Å²) in [5.74, 6) is -1.42. The van der Waals surface area contributed by atoms with E-state index in [-0.39, 0.29) is 5.69 Å². The number of benzene rings is 2. The van der Waals surface area contributed by atoms with Crippen molar-refractivity contribution in [1.29, 1.82) is 0 Å². The van der Waals surface area contributed by atoms with Crippen LogP contribution >= 0.6 is 0 Å². The van der Waals surface area contributed by atoms with Crippen molar-refractivity contribution >= 4 is 11.6 Å². The maximum atomic E-state index is 13.1. The van der Waals surface area contributed by atoms with Gasteiger partial charge in [-0.1, -0.05) is 36.4 Å². The van der Waals surface area contributed by atoms with Crippen LogP contribution in [0.5, 0.6) is 5.75 Å². The molecule has 0 aliphatic rings. The number of halogens is 3.